The van der Waals surface area contributed by atoms with Gasteiger partial charge < -0.3 is 14.8 Å². The van der Waals surface area contributed by atoms with Gasteiger partial charge in [-0.1, -0.05) is 35.3 Å². The zero-order chi connectivity index (χ0) is 27.2. The summed E-state index contributed by atoms with van der Waals surface area (Å²) in [4.78, 5) is 24.5. The number of hydrogen-bond donors (Lipinski definition) is 1. The summed E-state index contributed by atoms with van der Waals surface area (Å²) in [7, 11) is 0. The van der Waals surface area contributed by atoms with Crippen LogP contribution in [0.3, 0.4) is 0 Å². The van der Waals surface area contributed by atoms with Crippen LogP contribution in [0.4, 0.5) is 4.39 Å². The highest BCUT2D eigenvalue weighted by atomic mass is 35.5. The largest absolute Gasteiger partial charge is 0.460 e. The number of hydrogen-bond acceptors (Lipinski definition) is 5. The van der Waals surface area contributed by atoms with Crippen LogP contribution in [0.5, 0.6) is 11.5 Å². The van der Waals surface area contributed by atoms with Crippen molar-refractivity contribution in [1.82, 2.24) is 5.32 Å². The number of nitrogens with zero attached hydrogens (tertiary/aromatic N) is 1. The summed E-state index contributed by atoms with van der Waals surface area (Å²) in [5, 5.41) is 13.2. The van der Waals surface area contributed by atoms with Crippen molar-refractivity contribution in [1.29, 1.82) is 5.26 Å². The minimum atomic E-state index is -0.778. The maximum atomic E-state index is 14.7. The summed E-state index contributed by atoms with van der Waals surface area (Å²) in [6.07, 6.45) is 0.445. The van der Waals surface area contributed by atoms with Gasteiger partial charge in [-0.2, -0.15) is 5.26 Å². The van der Waals surface area contributed by atoms with Crippen molar-refractivity contribution in [3.8, 4) is 17.6 Å². The lowest BCUT2D eigenvalue weighted by molar-refractivity contribution is -0.153. The lowest BCUT2D eigenvalue weighted by Crippen LogP contribution is -2.26. The fourth-order valence-electron chi connectivity index (χ4n) is 3.41. The molecule has 0 heterocycles. The van der Waals surface area contributed by atoms with Crippen LogP contribution < -0.4 is 10.1 Å². The molecule has 0 radical (unpaired) electrons. The smallest absolute Gasteiger partial charge is 0.310 e. The zero-order valence-corrected chi connectivity index (χ0v) is 22.0. The van der Waals surface area contributed by atoms with E-state index in [1.807, 2.05) is 6.07 Å². The van der Waals surface area contributed by atoms with Crippen LogP contribution in [-0.2, 0) is 22.4 Å². The first-order valence-electron chi connectivity index (χ1n) is 11.4. The summed E-state index contributed by atoms with van der Waals surface area (Å²) >= 11 is 12.0. The minimum absolute atomic E-state index is 0.00507. The summed E-state index contributed by atoms with van der Waals surface area (Å²) in [6, 6.07) is 15.6. The molecule has 0 aliphatic carbocycles. The van der Waals surface area contributed by atoms with Gasteiger partial charge in [-0.3, -0.25) is 9.59 Å². The number of carbonyl (C=O) groups is 2. The number of benzene rings is 3. The van der Waals surface area contributed by atoms with Crippen LogP contribution in [0.1, 0.15) is 47.8 Å². The molecule has 0 aromatic heterocycles. The van der Waals surface area contributed by atoms with E-state index in [0.29, 0.717) is 22.0 Å². The van der Waals surface area contributed by atoms with E-state index in [-0.39, 0.29) is 35.6 Å². The molecule has 0 saturated heterocycles. The van der Waals surface area contributed by atoms with E-state index < -0.39 is 23.3 Å². The van der Waals surface area contributed by atoms with Crippen LogP contribution in [0.15, 0.2) is 54.6 Å². The maximum absolute atomic E-state index is 14.7. The summed E-state index contributed by atoms with van der Waals surface area (Å²) in [5.74, 6) is -1.49. The van der Waals surface area contributed by atoms with E-state index in [1.165, 1.54) is 24.3 Å². The second-order valence-electron chi connectivity index (χ2n) is 9.19. The number of nitrogens with one attached hydrogen (secondary N) is 1. The molecule has 9 heteroatoms. The third-order valence-electron chi connectivity index (χ3n) is 5.04. The van der Waals surface area contributed by atoms with E-state index in [0.717, 1.165) is 11.6 Å². The Morgan fingerprint density at radius 3 is 2.46 bits per heavy atom. The van der Waals surface area contributed by atoms with E-state index in [2.05, 4.69) is 5.32 Å². The molecular formula is C28H25Cl2FN2O4. The van der Waals surface area contributed by atoms with Crippen molar-refractivity contribution < 1.29 is 23.5 Å². The van der Waals surface area contributed by atoms with Gasteiger partial charge in [0.15, 0.2) is 0 Å². The first-order valence-corrected chi connectivity index (χ1v) is 12.1. The monoisotopic (exact) mass is 542 g/mol. The van der Waals surface area contributed by atoms with Gasteiger partial charge in [-0.25, -0.2) is 4.39 Å². The quantitative estimate of drug-likeness (QED) is 0.322. The van der Waals surface area contributed by atoms with Crippen molar-refractivity contribution in [2.75, 3.05) is 6.54 Å². The normalized spacial score (nSPS) is 10.9. The minimum Gasteiger partial charge on any atom is -0.460 e. The van der Waals surface area contributed by atoms with Gasteiger partial charge in [0.1, 0.15) is 29.0 Å². The molecule has 0 unspecified atom stereocenters. The molecule has 37 heavy (non-hydrogen) atoms. The average Bonchev–Trinajstić information content (AvgIpc) is 2.80. The molecule has 0 fully saturated rings. The first kappa shape index (κ1) is 28.0. The lowest BCUT2D eigenvalue weighted by atomic mass is 10.1. The zero-order valence-electron chi connectivity index (χ0n) is 20.5. The summed E-state index contributed by atoms with van der Waals surface area (Å²) < 4.78 is 25.7. The van der Waals surface area contributed by atoms with Gasteiger partial charge in [0.2, 0.25) is 0 Å². The summed E-state index contributed by atoms with van der Waals surface area (Å²) in [5.41, 5.74) is 0.791. The highest BCUT2D eigenvalue weighted by molar-refractivity contribution is 6.35. The standard InChI is InChI=1S/C28H25Cl2FN2O4/c1-28(2,3)37-26(34)13-17-4-9-25(19(12-17)16-32)36-21-7-8-22(24(31)15-21)27(35)33-11-10-18-5-6-20(29)14-23(18)30/h4-9,12,14-15H,10-11,13H2,1-3H3,(H,33,35). The predicted molar refractivity (Wildman–Crippen MR) is 140 cm³/mol. The Kier molecular flexibility index (Phi) is 9.14. The van der Waals surface area contributed by atoms with Gasteiger partial charge in [-0.05, 0) is 74.7 Å². The third-order valence-corrected chi connectivity index (χ3v) is 5.63. The fraction of sp³-hybridized carbons (Fsp3) is 0.250. The highest BCUT2D eigenvalue weighted by Gasteiger charge is 2.18. The Labute approximate surface area is 224 Å². The van der Waals surface area contributed by atoms with Crippen molar-refractivity contribution in [3.05, 3.63) is 92.7 Å². The molecule has 0 spiro atoms. The van der Waals surface area contributed by atoms with Crippen LogP contribution >= 0.6 is 23.2 Å². The van der Waals surface area contributed by atoms with E-state index in [1.54, 1.807) is 45.0 Å². The van der Waals surface area contributed by atoms with Gasteiger partial charge in [0.25, 0.3) is 5.91 Å². The number of ether oxygens (including phenoxy) is 2. The van der Waals surface area contributed by atoms with E-state index in [4.69, 9.17) is 32.7 Å². The average molecular weight is 543 g/mol. The molecular weight excluding hydrogens is 518 g/mol. The number of rotatable bonds is 8. The Bertz CT molecular complexity index is 1360. The fourth-order valence-corrected chi connectivity index (χ4v) is 3.91. The molecule has 0 aliphatic rings. The molecule has 3 rings (SSSR count). The predicted octanol–water partition coefficient (Wildman–Crippen LogP) is 6.65. The number of amides is 1. The van der Waals surface area contributed by atoms with Crippen molar-refractivity contribution in [2.45, 2.75) is 39.2 Å². The van der Waals surface area contributed by atoms with E-state index >= 15 is 0 Å². The van der Waals surface area contributed by atoms with Crippen LogP contribution in [-0.4, -0.2) is 24.0 Å². The van der Waals surface area contributed by atoms with E-state index in [9.17, 15) is 19.2 Å². The van der Waals surface area contributed by atoms with Crippen LogP contribution in [0, 0.1) is 17.1 Å². The lowest BCUT2D eigenvalue weighted by Gasteiger charge is -2.19. The molecule has 0 saturated carbocycles. The van der Waals surface area contributed by atoms with Crippen molar-refractivity contribution in [2.24, 2.45) is 0 Å². The molecule has 0 aliphatic heterocycles. The second-order valence-corrected chi connectivity index (χ2v) is 10.0. The van der Waals surface area contributed by atoms with Crippen LogP contribution in [0.2, 0.25) is 10.0 Å². The number of carbonyl (C=O) groups excluding carboxylic acids is 2. The van der Waals surface area contributed by atoms with Gasteiger partial charge in [-0.15, -0.1) is 0 Å². The van der Waals surface area contributed by atoms with Crippen LogP contribution in [0.25, 0.3) is 0 Å². The second kappa shape index (κ2) is 12.1. The molecule has 1 N–H and O–H groups in total. The number of halogens is 3. The van der Waals surface area contributed by atoms with Crippen molar-refractivity contribution in [3.63, 3.8) is 0 Å². The Morgan fingerprint density at radius 2 is 1.81 bits per heavy atom. The molecule has 3 aromatic carbocycles. The molecule has 6 nitrogen and oxygen atoms in total. The summed E-state index contributed by atoms with van der Waals surface area (Å²) in [6.45, 7) is 5.56. The number of nitriles is 1. The van der Waals surface area contributed by atoms with Gasteiger partial charge in [0.05, 0.1) is 17.5 Å². The molecule has 3 aromatic rings. The van der Waals surface area contributed by atoms with Gasteiger partial charge >= 0.3 is 5.97 Å². The number of esters is 1. The molecule has 1 amide bonds. The Hall–Kier alpha value is -3.60. The van der Waals surface area contributed by atoms with Gasteiger partial charge in [0, 0.05) is 22.7 Å². The Morgan fingerprint density at radius 1 is 1.05 bits per heavy atom. The molecule has 0 atom stereocenters. The maximum Gasteiger partial charge on any atom is 0.310 e. The molecule has 192 valence electrons. The first-order chi connectivity index (χ1) is 17.4. The third kappa shape index (κ3) is 8.21. The highest BCUT2D eigenvalue weighted by Crippen LogP contribution is 2.28. The SMILES string of the molecule is CC(C)(C)OC(=O)Cc1ccc(Oc2ccc(C(=O)NCCc3ccc(Cl)cc3Cl)c(F)c2)c(C#N)c1. The topological polar surface area (TPSA) is 88.4 Å². The van der Waals surface area contributed by atoms with Crippen molar-refractivity contribution >= 4 is 35.1 Å². The molecule has 0 bridgehead atoms. The Balaban J connectivity index is 1.63.